The average molecular weight is 318 g/mol. The van der Waals surface area contributed by atoms with Crippen molar-refractivity contribution >= 4 is 11.9 Å². The van der Waals surface area contributed by atoms with Gasteiger partial charge in [0, 0.05) is 6.42 Å². The minimum absolute atomic E-state index is 0.281. The van der Waals surface area contributed by atoms with Crippen LogP contribution in [0.5, 0.6) is 0 Å². The van der Waals surface area contributed by atoms with Gasteiger partial charge in [0.25, 0.3) is 0 Å². The van der Waals surface area contributed by atoms with E-state index in [9.17, 15) is 9.59 Å². The fraction of sp³-hybridized carbons (Fsp3) is 0.333. The van der Waals surface area contributed by atoms with Gasteiger partial charge in [0.05, 0.1) is 31.1 Å². The van der Waals surface area contributed by atoms with Gasteiger partial charge in [-0.05, 0) is 26.3 Å². The van der Waals surface area contributed by atoms with Crippen LogP contribution in [0.15, 0.2) is 54.0 Å². The lowest BCUT2D eigenvalue weighted by molar-refractivity contribution is -0.139. The van der Waals surface area contributed by atoms with Crippen molar-refractivity contribution in [1.82, 2.24) is 0 Å². The van der Waals surface area contributed by atoms with Gasteiger partial charge in [0.2, 0.25) is 0 Å². The van der Waals surface area contributed by atoms with Crippen LogP contribution in [0.3, 0.4) is 0 Å². The second-order valence-electron chi connectivity index (χ2n) is 4.59. The number of allylic oxidation sites excluding steroid dienone is 1. The van der Waals surface area contributed by atoms with Crippen LogP contribution in [0.4, 0.5) is 0 Å². The monoisotopic (exact) mass is 318 g/mol. The van der Waals surface area contributed by atoms with E-state index in [2.05, 4.69) is 0 Å². The summed E-state index contributed by atoms with van der Waals surface area (Å²) >= 11 is 0. The highest BCUT2D eigenvalue weighted by atomic mass is 16.5. The summed E-state index contributed by atoms with van der Waals surface area (Å²) in [7, 11) is 0. The van der Waals surface area contributed by atoms with Crippen LogP contribution >= 0.6 is 0 Å². The van der Waals surface area contributed by atoms with E-state index >= 15 is 0 Å². The number of carbonyl (C=O) groups excluding carboxylic acids is 2. The molecule has 0 N–H and O–H groups in total. The fourth-order valence-electron chi connectivity index (χ4n) is 1.81. The van der Waals surface area contributed by atoms with Gasteiger partial charge in [0.1, 0.15) is 5.76 Å². The molecule has 0 spiro atoms. The molecular formula is C18H22O5. The molecule has 0 amide bonds. The molecule has 0 atom stereocenters. The first kappa shape index (κ1) is 18.5. The number of hydrogen-bond donors (Lipinski definition) is 0. The van der Waals surface area contributed by atoms with Gasteiger partial charge in [-0.3, -0.25) is 0 Å². The van der Waals surface area contributed by atoms with Crippen molar-refractivity contribution in [3.05, 3.63) is 59.6 Å². The van der Waals surface area contributed by atoms with Crippen LogP contribution < -0.4 is 0 Å². The molecule has 0 bridgehead atoms. The summed E-state index contributed by atoms with van der Waals surface area (Å²) in [5.41, 5.74) is 1.37. The van der Waals surface area contributed by atoms with E-state index in [0.29, 0.717) is 24.4 Å². The molecule has 0 saturated carbocycles. The summed E-state index contributed by atoms with van der Waals surface area (Å²) in [6.45, 7) is 5.69. The first-order chi connectivity index (χ1) is 11.1. The van der Waals surface area contributed by atoms with E-state index in [1.54, 1.807) is 20.8 Å². The molecule has 0 aliphatic carbocycles. The van der Waals surface area contributed by atoms with Gasteiger partial charge in [0.15, 0.2) is 0 Å². The van der Waals surface area contributed by atoms with Crippen LogP contribution in [-0.4, -0.2) is 25.2 Å². The molecular weight excluding hydrogens is 296 g/mol. The Bertz CT molecular complexity index is 572. The number of carbonyl (C=O) groups is 2. The van der Waals surface area contributed by atoms with Crippen molar-refractivity contribution in [1.29, 1.82) is 0 Å². The third kappa shape index (κ3) is 6.82. The molecule has 0 fully saturated rings. The van der Waals surface area contributed by atoms with Gasteiger partial charge in [-0.15, -0.1) is 0 Å². The third-order valence-electron chi connectivity index (χ3n) is 2.91. The molecule has 1 aromatic carbocycles. The first-order valence-corrected chi connectivity index (χ1v) is 7.49. The molecule has 0 heterocycles. The lowest BCUT2D eigenvalue weighted by Gasteiger charge is -2.11. The molecule has 0 unspecified atom stereocenters. The minimum atomic E-state index is -0.499. The molecule has 1 rings (SSSR count). The highest BCUT2D eigenvalue weighted by Gasteiger charge is 2.16. The summed E-state index contributed by atoms with van der Waals surface area (Å²) in [6.07, 6.45) is 2.76. The zero-order valence-electron chi connectivity index (χ0n) is 13.7. The number of hydrogen-bond acceptors (Lipinski definition) is 5. The Labute approximate surface area is 136 Å². The van der Waals surface area contributed by atoms with Gasteiger partial charge in [-0.1, -0.05) is 30.3 Å². The van der Waals surface area contributed by atoms with E-state index in [0.717, 1.165) is 11.6 Å². The molecule has 0 radical (unpaired) electrons. The Hall–Kier alpha value is -2.56. The molecule has 0 aliphatic heterocycles. The molecule has 1 aromatic rings. The van der Waals surface area contributed by atoms with Crippen LogP contribution in [0, 0.1) is 0 Å². The summed E-state index contributed by atoms with van der Waals surface area (Å²) in [6, 6.07) is 9.54. The molecule has 5 heteroatoms. The maximum Gasteiger partial charge on any atom is 0.337 e. The second kappa shape index (κ2) is 10.2. The van der Waals surface area contributed by atoms with Crippen LogP contribution in [0.1, 0.15) is 26.3 Å². The lowest BCUT2D eigenvalue weighted by Crippen LogP contribution is -2.12. The number of ether oxygens (including phenoxy) is 3. The highest BCUT2D eigenvalue weighted by Crippen LogP contribution is 2.15. The van der Waals surface area contributed by atoms with E-state index in [4.69, 9.17) is 14.2 Å². The normalized spacial score (nSPS) is 11.8. The summed E-state index contributed by atoms with van der Waals surface area (Å²) in [5.74, 6) is -0.549. The molecule has 124 valence electrons. The molecule has 0 saturated heterocycles. The number of benzene rings is 1. The molecule has 23 heavy (non-hydrogen) atoms. The predicted molar refractivity (Wildman–Crippen MR) is 86.3 cm³/mol. The van der Waals surface area contributed by atoms with Gasteiger partial charge in [-0.2, -0.15) is 0 Å². The maximum atomic E-state index is 12.1. The SMILES string of the molecule is CCOC(=O)/C=C/O/C(C)=C(/Cc1ccccc1)C(=O)OCC. The zero-order valence-corrected chi connectivity index (χ0v) is 13.7. The maximum absolute atomic E-state index is 12.1. The molecule has 0 aliphatic rings. The third-order valence-corrected chi connectivity index (χ3v) is 2.91. The standard InChI is InChI=1S/C18H22O5/c1-4-21-17(19)11-12-23-14(3)16(18(20)22-5-2)13-15-9-7-6-8-10-15/h6-12H,4-5,13H2,1-3H3/b12-11+,16-14-. The summed E-state index contributed by atoms with van der Waals surface area (Å²) in [4.78, 5) is 23.3. The molecule has 0 aromatic heterocycles. The van der Waals surface area contributed by atoms with Crippen molar-refractivity contribution in [2.45, 2.75) is 27.2 Å². The van der Waals surface area contributed by atoms with Crippen molar-refractivity contribution in [3.8, 4) is 0 Å². The van der Waals surface area contributed by atoms with Gasteiger partial charge >= 0.3 is 11.9 Å². The van der Waals surface area contributed by atoms with E-state index in [1.807, 2.05) is 30.3 Å². The van der Waals surface area contributed by atoms with Crippen molar-refractivity contribution in [2.75, 3.05) is 13.2 Å². The summed E-state index contributed by atoms with van der Waals surface area (Å²) in [5, 5.41) is 0. The average Bonchev–Trinajstić information content (AvgIpc) is 2.54. The smallest absolute Gasteiger partial charge is 0.337 e. The quantitative estimate of drug-likeness (QED) is 0.418. The Balaban J connectivity index is 2.87. The van der Waals surface area contributed by atoms with Gasteiger partial charge < -0.3 is 14.2 Å². The van der Waals surface area contributed by atoms with Crippen molar-refractivity contribution in [2.24, 2.45) is 0 Å². The van der Waals surface area contributed by atoms with Crippen LogP contribution in [-0.2, 0) is 30.2 Å². The summed E-state index contributed by atoms with van der Waals surface area (Å²) < 4.78 is 15.2. The first-order valence-electron chi connectivity index (χ1n) is 7.49. The second-order valence-corrected chi connectivity index (χ2v) is 4.59. The zero-order chi connectivity index (χ0) is 17.1. The van der Waals surface area contributed by atoms with E-state index < -0.39 is 11.9 Å². The van der Waals surface area contributed by atoms with E-state index in [1.165, 1.54) is 6.26 Å². The highest BCUT2D eigenvalue weighted by molar-refractivity contribution is 5.89. The Morgan fingerprint density at radius 2 is 1.70 bits per heavy atom. The lowest BCUT2D eigenvalue weighted by atomic mass is 10.0. The van der Waals surface area contributed by atoms with Crippen LogP contribution in [0.25, 0.3) is 0 Å². The predicted octanol–water partition coefficient (Wildman–Crippen LogP) is 3.16. The fourth-order valence-corrected chi connectivity index (χ4v) is 1.81. The van der Waals surface area contributed by atoms with E-state index in [-0.39, 0.29) is 6.61 Å². The number of esters is 2. The van der Waals surface area contributed by atoms with Crippen molar-refractivity contribution < 1.29 is 23.8 Å². The Morgan fingerprint density at radius 3 is 2.30 bits per heavy atom. The Morgan fingerprint density at radius 1 is 1.04 bits per heavy atom. The topological polar surface area (TPSA) is 61.8 Å². The van der Waals surface area contributed by atoms with Gasteiger partial charge in [-0.25, -0.2) is 9.59 Å². The Kier molecular flexibility index (Phi) is 8.21. The van der Waals surface area contributed by atoms with Crippen molar-refractivity contribution in [3.63, 3.8) is 0 Å². The number of rotatable bonds is 8. The van der Waals surface area contributed by atoms with Crippen LogP contribution in [0.2, 0.25) is 0 Å². The minimum Gasteiger partial charge on any atom is -0.469 e. The largest absolute Gasteiger partial charge is 0.469 e. The molecule has 5 nitrogen and oxygen atoms in total.